The van der Waals surface area contributed by atoms with Gasteiger partial charge in [0.15, 0.2) is 0 Å². The fourth-order valence-corrected chi connectivity index (χ4v) is 1.73. The van der Waals surface area contributed by atoms with E-state index in [4.69, 9.17) is 4.74 Å². The van der Waals surface area contributed by atoms with Crippen molar-refractivity contribution in [3.63, 3.8) is 0 Å². The van der Waals surface area contributed by atoms with Crippen LogP contribution in [-0.4, -0.2) is 5.97 Å². The summed E-state index contributed by atoms with van der Waals surface area (Å²) in [5.74, 6) is -0.259. The summed E-state index contributed by atoms with van der Waals surface area (Å²) >= 11 is 0. The molecule has 0 aliphatic heterocycles. The first-order valence-corrected chi connectivity index (χ1v) is 6.19. The lowest BCUT2D eigenvalue weighted by Gasteiger charge is -2.03. The first-order chi connectivity index (χ1) is 9.24. The van der Waals surface area contributed by atoms with Gasteiger partial charge in [-0.3, -0.25) is 4.79 Å². The van der Waals surface area contributed by atoms with Crippen molar-refractivity contribution in [1.82, 2.24) is 0 Å². The fourth-order valence-electron chi connectivity index (χ4n) is 1.73. The molecule has 0 radical (unpaired) electrons. The minimum absolute atomic E-state index is 0.259. The fraction of sp³-hybridized carbons (Fsp3) is 0.118. The smallest absolute Gasteiger partial charge is 0.302 e. The van der Waals surface area contributed by atoms with Gasteiger partial charge < -0.3 is 4.74 Å². The summed E-state index contributed by atoms with van der Waals surface area (Å²) < 4.78 is 4.98. The summed E-state index contributed by atoms with van der Waals surface area (Å²) in [5, 5.41) is 0. The van der Waals surface area contributed by atoms with Crippen LogP contribution < -0.4 is 0 Å². The normalized spacial score (nSPS) is 10.6. The molecule has 2 nitrogen and oxygen atoms in total. The second-order valence-corrected chi connectivity index (χ2v) is 4.27. The molecular weight excluding hydrogens is 236 g/mol. The molecule has 0 N–H and O–H groups in total. The quantitative estimate of drug-likeness (QED) is 0.609. The molecule has 0 unspecified atom stereocenters. The van der Waals surface area contributed by atoms with E-state index in [0.29, 0.717) is 6.61 Å². The van der Waals surface area contributed by atoms with E-state index in [1.807, 2.05) is 48.5 Å². The summed E-state index contributed by atoms with van der Waals surface area (Å²) in [4.78, 5) is 10.8. The van der Waals surface area contributed by atoms with Crippen LogP contribution in [0.3, 0.4) is 0 Å². The molecule has 2 rings (SSSR count). The van der Waals surface area contributed by atoms with Gasteiger partial charge in [0.25, 0.3) is 0 Å². The third kappa shape index (κ3) is 4.43. The van der Waals surface area contributed by atoms with Crippen LogP contribution in [0.1, 0.15) is 23.6 Å². The number of esters is 1. The number of hydrogen-bond acceptors (Lipinski definition) is 2. The average molecular weight is 252 g/mol. The lowest BCUT2D eigenvalue weighted by atomic mass is 10.1. The molecule has 0 aliphatic rings. The Morgan fingerprint density at radius 2 is 1.68 bits per heavy atom. The first kappa shape index (κ1) is 13.1. The molecule has 0 aliphatic carbocycles. The lowest BCUT2D eigenvalue weighted by molar-refractivity contribution is -0.142. The summed E-state index contributed by atoms with van der Waals surface area (Å²) in [7, 11) is 0. The van der Waals surface area contributed by atoms with Crippen molar-refractivity contribution < 1.29 is 9.53 Å². The molecule has 0 saturated carbocycles. The number of benzene rings is 2. The topological polar surface area (TPSA) is 26.3 Å². The molecule has 0 heterocycles. The van der Waals surface area contributed by atoms with Gasteiger partial charge in [0.05, 0.1) is 0 Å². The van der Waals surface area contributed by atoms with Crippen molar-refractivity contribution in [1.29, 1.82) is 0 Å². The average Bonchev–Trinajstić information content (AvgIpc) is 2.44. The Morgan fingerprint density at radius 1 is 1.00 bits per heavy atom. The van der Waals surface area contributed by atoms with E-state index in [1.54, 1.807) is 0 Å². The Kier molecular flexibility index (Phi) is 4.51. The molecular formula is C17H16O2. The van der Waals surface area contributed by atoms with Gasteiger partial charge in [-0.2, -0.15) is 0 Å². The van der Waals surface area contributed by atoms with Gasteiger partial charge in [0.1, 0.15) is 6.61 Å². The highest BCUT2D eigenvalue weighted by Crippen LogP contribution is 2.11. The Morgan fingerprint density at radius 3 is 2.42 bits per heavy atom. The van der Waals surface area contributed by atoms with E-state index in [9.17, 15) is 4.79 Å². The van der Waals surface area contributed by atoms with E-state index in [-0.39, 0.29) is 5.97 Å². The summed E-state index contributed by atoms with van der Waals surface area (Å²) in [6, 6.07) is 18.1. The molecule has 19 heavy (non-hydrogen) atoms. The van der Waals surface area contributed by atoms with Crippen molar-refractivity contribution in [2.75, 3.05) is 0 Å². The van der Waals surface area contributed by atoms with E-state index in [2.05, 4.69) is 18.2 Å². The van der Waals surface area contributed by atoms with Crippen molar-refractivity contribution in [2.24, 2.45) is 0 Å². The van der Waals surface area contributed by atoms with Crippen LogP contribution in [0.5, 0.6) is 0 Å². The first-order valence-electron chi connectivity index (χ1n) is 6.19. The molecule has 96 valence electrons. The molecule has 0 bridgehead atoms. The molecule has 2 aromatic carbocycles. The third-order valence-electron chi connectivity index (χ3n) is 2.66. The molecule has 0 fully saturated rings. The van der Waals surface area contributed by atoms with E-state index in [0.717, 1.165) is 16.7 Å². The Hall–Kier alpha value is -2.35. The van der Waals surface area contributed by atoms with Gasteiger partial charge in [-0.05, 0) is 22.8 Å². The zero-order valence-corrected chi connectivity index (χ0v) is 10.9. The lowest BCUT2D eigenvalue weighted by Crippen LogP contribution is -1.98. The van der Waals surface area contributed by atoms with Crippen LogP contribution >= 0.6 is 0 Å². The van der Waals surface area contributed by atoms with Crippen LogP contribution in [0.25, 0.3) is 12.2 Å². The summed E-state index contributed by atoms with van der Waals surface area (Å²) in [6.07, 6.45) is 4.11. The highest BCUT2D eigenvalue weighted by atomic mass is 16.5. The second kappa shape index (κ2) is 6.55. The minimum atomic E-state index is -0.259. The molecule has 0 amide bonds. The predicted molar refractivity (Wildman–Crippen MR) is 77.3 cm³/mol. The van der Waals surface area contributed by atoms with Gasteiger partial charge in [0.2, 0.25) is 0 Å². The number of hydrogen-bond donors (Lipinski definition) is 0. The molecule has 0 saturated heterocycles. The number of rotatable bonds is 4. The second-order valence-electron chi connectivity index (χ2n) is 4.27. The van der Waals surface area contributed by atoms with Gasteiger partial charge in [-0.15, -0.1) is 0 Å². The Bertz CT molecular complexity index is 571. The molecule has 0 aromatic heterocycles. The maximum Gasteiger partial charge on any atom is 0.302 e. The zero-order valence-electron chi connectivity index (χ0n) is 10.9. The standard InChI is InChI=1S/C17H16O2/c1-14(18)19-13-17-9-5-8-16(12-17)11-10-15-6-3-2-4-7-15/h2-12H,13H2,1H3/b11-10+. The maximum absolute atomic E-state index is 10.8. The van der Waals surface area contributed by atoms with Crippen LogP contribution in [0.2, 0.25) is 0 Å². The van der Waals surface area contributed by atoms with Crippen molar-refractivity contribution in [2.45, 2.75) is 13.5 Å². The number of carbonyl (C=O) groups excluding carboxylic acids is 1. The predicted octanol–water partition coefficient (Wildman–Crippen LogP) is 3.92. The monoisotopic (exact) mass is 252 g/mol. The third-order valence-corrected chi connectivity index (χ3v) is 2.66. The summed E-state index contributed by atoms with van der Waals surface area (Å²) in [5.41, 5.74) is 3.24. The van der Waals surface area contributed by atoms with E-state index < -0.39 is 0 Å². The summed E-state index contributed by atoms with van der Waals surface area (Å²) in [6.45, 7) is 1.74. The number of carbonyl (C=O) groups is 1. The highest BCUT2D eigenvalue weighted by molar-refractivity contribution is 5.70. The molecule has 2 aromatic rings. The van der Waals surface area contributed by atoms with Crippen LogP contribution in [0.15, 0.2) is 54.6 Å². The van der Waals surface area contributed by atoms with Crippen molar-refractivity contribution in [3.8, 4) is 0 Å². The largest absolute Gasteiger partial charge is 0.461 e. The van der Waals surface area contributed by atoms with Crippen molar-refractivity contribution >= 4 is 18.1 Å². The minimum Gasteiger partial charge on any atom is -0.461 e. The maximum atomic E-state index is 10.8. The van der Waals surface area contributed by atoms with Gasteiger partial charge in [-0.25, -0.2) is 0 Å². The Labute approximate surface area is 113 Å². The van der Waals surface area contributed by atoms with Gasteiger partial charge in [-0.1, -0.05) is 60.7 Å². The van der Waals surface area contributed by atoms with Crippen LogP contribution in [0.4, 0.5) is 0 Å². The molecule has 0 atom stereocenters. The molecule has 0 spiro atoms. The van der Waals surface area contributed by atoms with E-state index >= 15 is 0 Å². The number of ether oxygens (including phenoxy) is 1. The Balaban J connectivity index is 2.06. The van der Waals surface area contributed by atoms with Crippen LogP contribution in [-0.2, 0) is 16.1 Å². The van der Waals surface area contributed by atoms with Crippen molar-refractivity contribution in [3.05, 3.63) is 71.3 Å². The zero-order chi connectivity index (χ0) is 13.5. The highest BCUT2D eigenvalue weighted by Gasteiger charge is 1.97. The van der Waals surface area contributed by atoms with Gasteiger partial charge >= 0.3 is 5.97 Å². The SMILES string of the molecule is CC(=O)OCc1cccc(/C=C/c2ccccc2)c1. The van der Waals surface area contributed by atoms with E-state index in [1.165, 1.54) is 6.92 Å². The van der Waals surface area contributed by atoms with Crippen LogP contribution in [0, 0.1) is 0 Å². The molecule has 2 heteroatoms. The van der Waals surface area contributed by atoms with Gasteiger partial charge in [0, 0.05) is 6.92 Å².